The molecule has 0 fully saturated rings. The third-order valence-electron chi connectivity index (χ3n) is 2.82. The van der Waals surface area contributed by atoms with Crippen molar-refractivity contribution in [1.82, 2.24) is 0 Å². The van der Waals surface area contributed by atoms with Gasteiger partial charge >= 0.3 is 0 Å². The van der Waals surface area contributed by atoms with Crippen LogP contribution in [0.4, 0.5) is 11.4 Å². The minimum Gasteiger partial charge on any atom is -0.399 e. The molecule has 1 amide bonds. The maximum absolute atomic E-state index is 11.0. The van der Waals surface area contributed by atoms with Gasteiger partial charge in [-0.25, -0.2) is 0 Å². The van der Waals surface area contributed by atoms with Crippen molar-refractivity contribution in [3.63, 3.8) is 0 Å². The Labute approximate surface area is 113 Å². The molecule has 0 aromatic heterocycles. The predicted molar refractivity (Wildman–Crippen MR) is 79.1 cm³/mol. The molecular weight excluding hydrogens is 236 g/mol. The van der Waals surface area contributed by atoms with Crippen molar-refractivity contribution in [3.05, 3.63) is 59.2 Å². The number of anilines is 2. The van der Waals surface area contributed by atoms with Crippen LogP contribution in [0.2, 0.25) is 0 Å². The van der Waals surface area contributed by atoms with Crippen LogP contribution in [0, 0.1) is 6.92 Å². The Kier molecular flexibility index (Phi) is 3.85. The number of hydrogen-bond acceptors (Lipinski definition) is 2. The molecule has 98 valence electrons. The average Bonchev–Trinajstić information content (AvgIpc) is 2.26. The molecule has 0 radical (unpaired) electrons. The third kappa shape index (κ3) is 3.85. The molecule has 2 aromatic carbocycles. The number of hydrogen-bond donors (Lipinski definition) is 2. The minimum absolute atomic E-state index is 0.0584. The predicted octanol–water partition coefficient (Wildman–Crippen LogP) is 3.13. The van der Waals surface area contributed by atoms with Gasteiger partial charge in [-0.2, -0.15) is 0 Å². The summed E-state index contributed by atoms with van der Waals surface area (Å²) in [7, 11) is 0. The van der Waals surface area contributed by atoms with Gasteiger partial charge in [0.2, 0.25) is 5.91 Å². The molecule has 0 atom stereocenters. The van der Waals surface area contributed by atoms with E-state index in [2.05, 4.69) is 11.4 Å². The first-order valence-corrected chi connectivity index (χ1v) is 6.25. The number of nitrogens with two attached hydrogens (primary N) is 1. The van der Waals surface area contributed by atoms with Crippen LogP contribution in [0.1, 0.15) is 23.6 Å². The number of rotatable bonds is 3. The van der Waals surface area contributed by atoms with Crippen LogP contribution in [-0.4, -0.2) is 5.91 Å². The van der Waals surface area contributed by atoms with Crippen LogP contribution < -0.4 is 11.1 Å². The normalized spacial score (nSPS) is 10.2. The van der Waals surface area contributed by atoms with Crippen molar-refractivity contribution < 1.29 is 4.79 Å². The zero-order chi connectivity index (χ0) is 13.8. The summed E-state index contributed by atoms with van der Waals surface area (Å²) in [6.45, 7) is 3.54. The maximum atomic E-state index is 11.0. The second-order valence-electron chi connectivity index (χ2n) is 4.81. The van der Waals surface area contributed by atoms with Crippen LogP contribution in [0.25, 0.3) is 0 Å². The number of amides is 1. The second kappa shape index (κ2) is 5.57. The van der Waals surface area contributed by atoms with Gasteiger partial charge in [0.25, 0.3) is 0 Å². The van der Waals surface area contributed by atoms with Crippen LogP contribution >= 0.6 is 0 Å². The summed E-state index contributed by atoms with van der Waals surface area (Å²) < 4.78 is 0. The van der Waals surface area contributed by atoms with E-state index in [0.29, 0.717) is 0 Å². The number of nitrogen functional groups attached to an aromatic ring is 1. The van der Waals surface area contributed by atoms with Gasteiger partial charge in [-0.1, -0.05) is 18.2 Å². The molecule has 3 N–H and O–H groups in total. The van der Waals surface area contributed by atoms with E-state index in [-0.39, 0.29) is 5.91 Å². The Hall–Kier alpha value is -2.29. The molecule has 0 aliphatic carbocycles. The first kappa shape index (κ1) is 13.1. The smallest absolute Gasteiger partial charge is 0.221 e. The molecule has 0 saturated heterocycles. The first-order chi connectivity index (χ1) is 9.02. The van der Waals surface area contributed by atoms with Crippen molar-refractivity contribution in [2.75, 3.05) is 11.1 Å². The second-order valence-corrected chi connectivity index (χ2v) is 4.81. The van der Waals surface area contributed by atoms with Crippen molar-refractivity contribution in [3.8, 4) is 0 Å². The standard InChI is InChI=1S/C16H18N2O/c1-11-6-14(9-15(17)7-11)8-13-4-3-5-16(10-13)18-12(2)19/h3-7,9-10H,8,17H2,1-2H3,(H,18,19). The van der Waals surface area contributed by atoms with Gasteiger partial charge in [-0.15, -0.1) is 0 Å². The molecule has 3 nitrogen and oxygen atoms in total. The molecule has 2 aromatic rings. The van der Waals surface area contributed by atoms with Gasteiger partial charge in [-0.05, 0) is 54.3 Å². The topological polar surface area (TPSA) is 55.1 Å². The van der Waals surface area contributed by atoms with E-state index in [0.717, 1.165) is 28.9 Å². The number of carbonyl (C=O) groups excluding carboxylic acids is 1. The molecule has 2 rings (SSSR count). The van der Waals surface area contributed by atoms with Crippen molar-refractivity contribution in [2.45, 2.75) is 20.3 Å². The van der Waals surface area contributed by atoms with E-state index in [9.17, 15) is 4.79 Å². The van der Waals surface area contributed by atoms with Crippen molar-refractivity contribution >= 4 is 17.3 Å². The van der Waals surface area contributed by atoms with Crippen molar-refractivity contribution in [2.24, 2.45) is 0 Å². The van der Waals surface area contributed by atoms with Gasteiger partial charge in [0.05, 0.1) is 0 Å². The van der Waals surface area contributed by atoms with E-state index < -0.39 is 0 Å². The summed E-state index contributed by atoms with van der Waals surface area (Å²) in [5.41, 5.74) is 10.9. The van der Waals surface area contributed by atoms with Gasteiger partial charge in [0, 0.05) is 18.3 Å². The molecule has 0 aliphatic heterocycles. The van der Waals surface area contributed by atoms with Gasteiger partial charge < -0.3 is 11.1 Å². The highest BCUT2D eigenvalue weighted by Gasteiger charge is 2.01. The minimum atomic E-state index is -0.0584. The zero-order valence-electron chi connectivity index (χ0n) is 11.2. The highest BCUT2D eigenvalue weighted by atomic mass is 16.1. The van der Waals surface area contributed by atoms with E-state index >= 15 is 0 Å². The Morgan fingerprint density at radius 1 is 1.16 bits per heavy atom. The van der Waals surface area contributed by atoms with Crippen LogP contribution in [0.5, 0.6) is 0 Å². The van der Waals surface area contributed by atoms with Crippen LogP contribution in [-0.2, 0) is 11.2 Å². The monoisotopic (exact) mass is 254 g/mol. The molecule has 3 heteroatoms. The highest BCUT2D eigenvalue weighted by molar-refractivity contribution is 5.88. The lowest BCUT2D eigenvalue weighted by atomic mass is 10.0. The maximum Gasteiger partial charge on any atom is 0.221 e. The van der Waals surface area contributed by atoms with E-state index in [1.54, 1.807) is 0 Å². The summed E-state index contributed by atoms with van der Waals surface area (Å²) in [5, 5.41) is 2.79. The van der Waals surface area contributed by atoms with Crippen molar-refractivity contribution in [1.29, 1.82) is 0 Å². The van der Waals surface area contributed by atoms with E-state index in [1.165, 1.54) is 12.5 Å². The highest BCUT2D eigenvalue weighted by Crippen LogP contribution is 2.18. The Morgan fingerprint density at radius 3 is 2.63 bits per heavy atom. The zero-order valence-corrected chi connectivity index (χ0v) is 11.2. The largest absolute Gasteiger partial charge is 0.399 e. The molecule has 0 spiro atoms. The van der Waals surface area contributed by atoms with E-state index in [4.69, 9.17) is 5.73 Å². The van der Waals surface area contributed by atoms with Gasteiger partial charge in [0.1, 0.15) is 0 Å². The number of aryl methyl sites for hydroxylation is 1. The summed E-state index contributed by atoms with van der Waals surface area (Å²) >= 11 is 0. The summed E-state index contributed by atoms with van der Waals surface area (Å²) in [5.74, 6) is -0.0584. The fourth-order valence-corrected chi connectivity index (χ4v) is 2.19. The lowest BCUT2D eigenvalue weighted by Gasteiger charge is -2.07. The van der Waals surface area contributed by atoms with Crippen LogP contribution in [0.3, 0.4) is 0 Å². The molecule has 19 heavy (non-hydrogen) atoms. The SMILES string of the molecule is CC(=O)Nc1cccc(Cc2cc(C)cc(N)c2)c1. The third-order valence-corrected chi connectivity index (χ3v) is 2.82. The number of carbonyl (C=O) groups is 1. The summed E-state index contributed by atoms with van der Waals surface area (Å²) in [6.07, 6.45) is 0.805. The lowest BCUT2D eigenvalue weighted by Crippen LogP contribution is -2.05. The molecule has 0 heterocycles. The Balaban J connectivity index is 2.20. The van der Waals surface area contributed by atoms with E-state index in [1.807, 2.05) is 43.3 Å². The quantitative estimate of drug-likeness (QED) is 0.827. The lowest BCUT2D eigenvalue weighted by molar-refractivity contribution is -0.114. The Morgan fingerprint density at radius 2 is 1.95 bits per heavy atom. The molecule has 0 unspecified atom stereocenters. The van der Waals surface area contributed by atoms with Gasteiger partial charge in [-0.3, -0.25) is 4.79 Å². The average molecular weight is 254 g/mol. The molecule has 0 aliphatic rings. The number of nitrogens with one attached hydrogen (secondary N) is 1. The van der Waals surface area contributed by atoms with Crippen LogP contribution in [0.15, 0.2) is 42.5 Å². The Bertz CT molecular complexity index is 585. The van der Waals surface area contributed by atoms with Gasteiger partial charge in [0.15, 0.2) is 0 Å². The molecular formula is C16H18N2O. The number of benzene rings is 2. The molecule has 0 saturated carbocycles. The molecule has 0 bridgehead atoms. The first-order valence-electron chi connectivity index (χ1n) is 6.25. The fourth-order valence-electron chi connectivity index (χ4n) is 2.19. The fraction of sp³-hybridized carbons (Fsp3) is 0.188. The summed E-state index contributed by atoms with van der Waals surface area (Å²) in [4.78, 5) is 11.0. The summed E-state index contributed by atoms with van der Waals surface area (Å²) in [6, 6.07) is 13.9.